The summed E-state index contributed by atoms with van der Waals surface area (Å²) in [6, 6.07) is 0. The number of carbonyl (C=O) groups excluding carboxylic acids is 1. The van der Waals surface area contributed by atoms with Crippen LogP contribution in [0.2, 0.25) is 0 Å². The number of primary amides is 1. The topological polar surface area (TPSA) is 43.1 Å². The van der Waals surface area contributed by atoms with Crippen molar-refractivity contribution in [3.8, 4) is 0 Å². The molecule has 0 aromatic rings. The fourth-order valence-electron chi connectivity index (χ4n) is 2.63. The van der Waals surface area contributed by atoms with Crippen molar-refractivity contribution in [2.45, 2.75) is 43.5 Å². The minimum Gasteiger partial charge on any atom is -0.368 e. The Kier molecular flexibility index (Phi) is 2.20. The average molecular weight is 279 g/mol. The van der Waals surface area contributed by atoms with E-state index in [1.54, 1.807) is 23.5 Å². The summed E-state index contributed by atoms with van der Waals surface area (Å²) in [4.78, 5) is 11.7. The second kappa shape index (κ2) is 3.00. The van der Waals surface area contributed by atoms with Crippen molar-refractivity contribution in [3.63, 3.8) is 0 Å². The molecule has 0 radical (unpaired) electrons. The molecule has 4 rings (SSSR count). The van der Waals surface area contributed by atoms with Crippen LogP contribution in [0.3, 0.4) is 0 Å². The summed E-state index contributed by atoms with van der Waals surface area (Å²) in [5, 5.41) is 0. The fraction of sp³-hybridized carbons (Fsp3) is 0.889. The molecule has 4 fully saturated rings. The fourth-order valence-corrected chi connectivity index (χ4v) is 14.2. The molecule has 1 amide bonds. The first-order chi connectivity index (χ1) is 6.85. The third kappa shape index (κ3) is 1.55. The number of rotatable bonds is 1. The zero-order chi connectivity index (χ0) is 10.9. The third-order valence-corrected chi connectivity index (χ3v) is 9.81. The average Bonchev–Trinajstić information content (AvgIpc) is 1.95. The van der Waals surface area contributed by atoms with E-state index in [9.17, 15) is 4.79 Å². The summed E-state index contributed by atoms with van der Waals surface area (Å²) in [5.41, 5.74) is 5.61. The van der Waals surface area contributed by atoms with Gasteiger partial charge in [-0.3, -0.25) is 4.79 Å². The minimum absolute atomic E-state index is 0.125. The molecule has 2 N–H and O–H groups in total. The van der Waals surface area contributed by atoms with E-state index in [0.717, 1.165) is 6.42 Å². The van der Waals surface area contributed by atoms with E-state index in [4.69, 9.17) is 5.73 Å². The number of amides is 1. The van der Waals surface area contributed by atoms with Gasteiger partial charge in [-0.2, -0.15) is 0 Å². The Morgan fingerprint density at radius 2 is 2.00 bits per heavy atom. The molecule has 4 bridgehead atoms. The van der Waals surface area contributed by atoms with Crippen LogP contribution in [-0.2, 0) is 4.79 Å². The molecule has 4 atom stereocenters. The van der Waals surface area contributed by atoms with E-state index >= 15 is 0 Å². The van der Waals surface area contributed by atoms with E-state index in [0.29, 0.717) is 4.58 Å². The van der Waals surface area contributed by atoms with Crippen molar-refractivity contribution in [1.29, 1.82) is 0 Å². The standard InChI is InChI=1S/C9H13NOS4/c1-7-3-5-12-8(2,14-7)4-9(13-5,15-7)6(10)11/h5H,3-4H2,1-2H3,(H2,10,11)/t5-,7+,8-,9-/m1/s1. The lowest BCUT2D eigenvalue weighted by Crippen LogP contribution is -2.58. The normalized spacial score (nSPS) is 57.1. The molecular weight excluding hydrogens is 266 g/mol. The summed E-state index contributed by atoms with van der Waals surface area (Å²) in [7, 11) is 0. The lowest BCUT2D eigenvalue weighted by Gasteiger charge is -2.61. The first-order valence-corrected chi connectivity index (χ1v) is 8.30. The van der Waals surface area contributed by atoms with Gasteiger partial charge in [0, 0.05) is 6.42 Å². The van der Waals surface area contributed by atoms with Gasteiger partial charge in [-0.1, -0.05) is 0 Å². The quantitative estimate of drug-likeness (QED) is 0.799. The molecule has 0 unspecified atom stereocenters. The van der Waals surface area contributed by atoms with Crippen LogP contribution in [0.1, 0.15) is 26.7 Å². The van der Waals surface area contributed by atoms with Gasteiger partial charge in [0.1, 0.15) is 4.08 Å². The van der Waals surface area contributed by atoms with Gasteiger partial charge in [-0.25, -0.2) is 0 Å². The molecule has 0 aromatic heterocycles. The highest BCUT2D eigenvalue weighted by Crippen LogP contribution is 2.77. The highest BCUT2D eigenvalue weighted by molar-refractivity contribution is 8.38. The lowest BCUT2D eigenvalue weighted by atomic mass is 10.2. The van der Waals surface area contributed by atoms with Crippen LogP contribution in [0, 0.1) is 0 Å². The van der Waals surface area contributed by atoms with E-state index in [1.165, 1.54) is 6.42 Å². The van der Waals surface area contributed by atoms with Crippen molar-refractivity contribution in [1.82, 2.24) is 0 Å². The van der Waals surface area contributed by atoms with Crippen molar-refractivity contribution >= 4 is 53.0 Å². The Morgan fingerprint density at radius 3 is 2.53 bits per heavy atom. The van der Waals surface area contributed by atoms with Crippen LogP contribution < -0.4 is 5.73 Å². The summed E-state index contributed by atoms with van der Waals surface area (Å²) in [6.45, 7) is 4.54. The molecule has 4 heterocycles. The number of hydrogen-bond donors (Lipinski definition) is 1. The molecular formula is C9H13NOS4. The van der Waals surface area contributed by atoms with Gasteiger partial charge in [0.05, 0.1) is 12.7 Å². The Labute approximate surface area is 107 Å². The summed E-state index contributed by atoms with van der Waals surface area (Å²) in [5.74, 6) is -0.125. The van der Waals surface area contributed by atoms with Gasteiger partial charge in [0.25, 0.3) is 0 Å². The SMILES string of the molecule is C[C@@]12C[C@@H]3S[C@@](C)(C[C@@](C(N)=O)(S3)S1)S2. The summed E-state index contributed by atoms with van der Waals surface area (Å²) < 4.78 is 0.610. The summed E-state index contributed by atoms with van der Waals surface area (Å²) in [6.07, 6.45) is 2.09. The maximum absolute atomic E-state index is 11.7. The van der Waals surface area contributed by atoms with Crippen LogP contribution in [0.5, 0.6) is 0 Å². The molecule has 4 saturated heterocycles. The number of hydrogen-bond acceptors (Lipinski definition) is 5. The van der Waals surface area contributed by atoms with Crippen molar-refractivity contribution < 1.29 is 4.79 Å². The van der Waals surface area contributed by atoms with E-state index in [1.807, 2.05) is 23.5 Å². The Balaban J connectivity index is 2.05. The first-order valence-electron chi connectivity index (χ1n) is 4.91. The van der Waals surface area contributed by atoms with Crippen LogP contribution in [0.25, 0.3) is 0 Å². The van der Waals surface area contributed by atoms with Crippen LogP contribution in [0.15, 0.2) is 0 Å². The van der Waals surface area contributed by atoms with Crippen molar-refractivity contribution in [2.75, 3.05) is 0 Å². The molecule has 0 aliphatic carbocycles. The van der Waals surface area contributed by atoms with Crippen molar-refractivity contribution in [2.24, 2.45) is 5.73 Å². The summed E-state index contributed by atoms with van der Waals surface area (Å²) >= 11 is 7.66. The number of thioether (sulfide) groups is 4. The Bertz CT molecular complexity index is 329. The molecule has 0 spiro atoms. The largest absolute Gasteiger partial charge is 0.368 e. The van der Waals surface area contributed by atoms with Gasteiger partial charge >= 0.3 is 0 Å². The second-order valence-corrected chi connectivity index (χ2v) is 12.7. The molecule has 4 aliphatic rings. The smallest absolute Gasteiger partial charge is 0.244 e. The predicted octanol–water partition coefficient (Wildman–Crippen LogP) is 2.68. The Hall–Kier alpha value is 0.870. The first kappa shape index (κ1) is 11.0. The molecule has 84 valence electrons. The second-order valence-electron chi connectivity index (χ2n) is 4.64. The number of carbonyl (C=O) groups is 1. The highest BCUT2D eigenvalue weighted by atomic mass is 32.3. The molecule has 15 heavy (non-hydrogen) atoms. The zero-order valence-electron chi connectivity index (χ0n) is 8.61. The molecule has 0 saturated carbocycles. The van der Waals surface area contributed by atoms with Crippen LogP contribution in [-0.4, -0.2) is 22.7 Å². The number of nitrogens with two attached hydrogens (primary N) is 1. The molecule has 2 nitrogen and oxygen atoms in total. The monoisotopic (exact) mass is 279 g/mol. The van der Waals surface area contributed by atoms with Gasteiger partial charge in [-0.15, -0.1) is 47.0 Å². The Morgan fingerprint density at radius 1 is 1.27 bits per heavy atom. The molecule has 4 aliphatic heterocycles. The highest BCUT2D eigenvalue weighted by Gasteiger charge is 2.65. The zero-order valence-corrected chi connectivity index (χ0v) is 11.9. The van der Waals surface area contributed by atoms with Gasteiger partial charge in [0.15, 0.2) is 0 Å². The van der Waals surface area contributed by atoms with Gasteiger partial charge in [-0.05, 0) is 20.3 Å². The molecule has 6 heteroatoms. The molecule has 0 aromatic carbocycles. The maximum Gasteiger partial charge on any atom is 0.244 e. The van der Waals surface area contributed by atoms with E-state index < -0.39 is 0 Å². The van der Waals surface area contributed by atoms with Crippen LogP contribution >= 0.6 is 47.0 Å². The minimum atomic E-state index is -0.344. The van der Waals surface area contributed by atoms with Gasteiger partial charge in [0.2, 0.25) is 5.91 Å². The van der Waals surface area contributed by atoms with E-state index in [-0.39, 0.29) is 18.1 Å². The van der Waals surface area contributed by atoms with Crippen molar-refractivity contribution in [3.05, 3.63) is 0 Å². The van der Waals surface area contributed by atoms with Crippen LogP contribution in [0.4, 0.5) is 0 Å². The maximum atomic E-state index is 11.7. The lowest BCUT2D eigenvalue weighted by molar-refractivity contribution is -0.118. The predicted molar refractivity (Wildman–Crippen MR) is 72.1 cm³/mol. The third-order valence-electron chi connectivity index (χ3n) is 2.98. The van der Waals surface area contributed by atoms with E-state index in [2.05, 4.69) is 13.8 Å². The van der Waals surface area contributed by atoms with Gasteiger partial charge < -0.3 is 5.73 Å².